The number of ether oxygens (including phenoxy) is 1. The highest BCUT2D eigenvalue weighted by Crippen LogP contribution is 2.30. The monoisotopic (exact) mass is 305 g/mol. The van der Waals surface area contributed by atoms with Crippen LogP contribution >= 0.6 is 11.3 Å². The summed E-state index contributed by atoms with van der Waals surface area (Å²) in [6.45, 7) is 6.04. The van der Waals surface area contributed by atoms with Crippen molar-refractivity contribution in [2.45, 2.75) is 52.1 Å². The molecule has 1 aliphatic heterocycles. The molecule has 0 bridgehead atoms. The van der Waals surface area contributed by atoms with Crippen molar-refractivity contribution in [2.24, 2.45) is 0 Å². The van der Waals surface area contributed by atoms with Crippen molar-refractivity contribution in [1.29, 1.82) is 0 Å². The summed E-state index contributed by atoms with van der Waals surface area (Å²) in [4.78, 5) is 12.0. The molecule has 2 aromatic heterocycles. The predicted octanol–water partition coefficient (Wildman–Crippen LogP) is 3.80. The molecule has 21 heavy (non-hydrogen) atoms. The Morgan fingerprint density at radius 3 is 2.95 bits per heavy atom. The van der Waals surface area contributed by atoms with Crippen molar-refractivity contribution >= 4 is 27.4 Å². The van der Waals surface area contributed by atoms with E-state index in [-0.39, 0.29) is 6.10 Å². The molecule has 1 N–H and O–H groups in total. The summed E-state index contributed by atoms with van der Waals surface area (Å²) in [5.41, 5.74) is 0. The van der Waals surface area contributed by atoms with Crippen molar-refractivity contribution in [3.05, 3.63) is 16.8 Å². The first-order valence-electron chi connectivity index (χ1n) is 7.95. The van der Waals surface area contributed by atoms with Gasteiger partial charge in [0.2, 0.25) is 0 Å². The Labute approximate surface area is 129 Å². The van der Waals surface area contributed by atoms with E-state index >= 15 is 0 Å². The number of hydrogen-bond donors (Lipinski definition) is 1. The minimum absolute atomic E-state index is 0.288. The Bertz CT molecular complexity index is 605. The molecule has 1 unspecified atom stereocenters. The zero-order chi connectivity index (χ0) is 14.7. The van der Waals surface area contributed by atoms with Gasteiger partial charge in [-0.15, -0.1) is 11.3 Å². The van der Waals surface area contributed by atoms with E-state index in [2.05, 4.69) is 25.2 Å². The molecule has 0 radical (unpaired) electrons. The fourth-order valence-corrected chi connectivity index (χ4v) is 3.74. The van der Waals surface area contributed by atoms with Crippen LogP contribution < -0.4 is 5.32 Å². The topological polar surface area (TPSA) is 47.0 Å². The van der Waals surface area contributed by atoms with Crippen molar-refractivity contribution in [1.82, 2.24) is 9.97 Å². The molecule has 3 heterocycles. The van der Waals surface area contributed by atoms with Crippen molar-refractivity contribution in [3.63, 3.8) is 0 Å². The largest absolute Gasteiger partial charge is 0.378 e. The maximum Gasteiger partial charge on any atom is 0.138 e. The van der Waals surface area contributed by atoms with Crippen LogP contribution in [0, 0.1) is 0 Å². The molecule has 2 aromatic rings. The molecule has 114 valence electrons. The van der Waals surface area contributed by atoms with Gasteiger partial charge in [0.25, 0.3) is 0 Å². The second-order valence-corrected chi connectivity index (χ2v) is 6.61. The van der Waals surface area contributed by atoms with Crippen LogP contribution in [0.15, 0.2) is 6.07 Å². The first kappa shape index (κ1) is 14.7. The Hall–Kier alpha value is -1.20. The fraction of sp³-hybridized carbons (Fsp3) is 0.625. The molecule has 0 spiro atoms. The summed E-state index contributed by atoms with van der Waals surface area (Å²) < 4.78 is 5.82. The van der Waals surface area contributed by atoms with E-state index in [1.165, 1.54) is 17.7 Å². The number of fused-ring (bicyclic) bond motifs is 1. The third-order valence-electron chi connectivity index (χ3n) is 3.87. The van der Waals surface area contributed by atoms with Gasteiger partial charge in [0.15, 0.2) is 0 Å². The second kappa shape index (κ2) is 6.71. The van der Waals surface area contributed by atoms with Gasteiger partial charge in [-0.1, -0.05) is 6.92 Å². The number of thiophene rings is 1. The summed E-state index contributed by atoms with van der Waals surface area (Å²) in [5, 5.41) is 4.54. The lowest BCUT2D eigenvalue weighted by Gasteiger charge is -2.22. The first-order chi connectivity index (χ1) is 10.3. The van der Waals surface area contributed by atoms with Crippen molar-refractivity contribution in [2.75, 3.05) is 18.5 Å². The number of nitrogens with one attached hydrogen (secondary N) is 1. The van der Waals surface area contributed by atoms with E-state index in [0.717, 1.165) is 54.3 Å². The van der Waals surface area contributed by atoms with Gasteiger partial charge in [0, 0.05) is 24.4 Å². The number of rotatable bonds is 5. The SMILES string of the molecule is CCNc1nc(CC2CCCCO2)nc2sc(CC)cc12. The maximum atomic E-state index is 5.82. The average molecular weight is 305 g/mol. The number of nitrogens with zero attached hydrogens (tertiary/aromatic N) is 2. The van der Waals surface area contributed by atoms with E-state index in [9.17, 15) is 0 Å². The lowest BCUT2D eigenvalue weighted by molar-refractivity contribution is 0.0157. The van der Waals surface area contributed by atoms with Crippen LogP contribution in [0.3, 0.4) is 0 Å². The number of aromatic nitrogens is 2. The van der Waals surface area contributed by atoms with Gasteiger partial charge in [-0.2, -0.15) is 0 Å². The van der Waals surface area contributed by atoms with Gasteiger partial charge in [0.1, 0.15) is 16.5 Å². The summed E-state index contributed by atoms with van der Waals surface area (Å²) in [6.07, 6.45) is 5.73. The summed E-state index contributed by atoms with van der Waals surface area (Å²) in [5.74, 6) is 1.89. The number of hydrogen-bond acceptors (Lipinski definition) is 5. The van der Waals surface area contributed by atoms with Crippen LogP contribution in [0.1, 0.15) is 43.8 Å². The molecule has 1 atom stereocenters. The van der Waals surface area contributed by atoms with Crippen molar-refractivity contribution < 1.29 is 4.74 Å². The molecule has 0 saturated carbocycles. The summed E-state index contributed by atoms with van der Waals surface area (Å²) in [7, 11) is 0. The van der Waals surface area contributed by atoms with Gasteiger partial charge in [-0.05, 0) is 38.7 Å². The molecule has 1 fully saturated rings. The molecule has 0 amide bonds. The zero-order valence-corrected chi connectivity index (χ0v) is 13.6. The van der Waals surface area contributed by atoms with E-state index in [4.69, 9.17) is 14.7 Å². The van der Waals surface area contributed by atoms with Crippen LogP contribution in [0.4, 0.5) is 5.82 Å². The molecular weight excluding hydrogens is 282 g/mol. The average Bonchev–Trinajstić information content (AvgIpc) is 2.92. The number of aryl methyl sites for hydroxylation is 1. The molecule has 4 nitrogen and oxygen atoms in total. The summed E-state index contributed by atoms with van der Waals surface area (Å²) in [6, 6.07) is 2.22. The molecule has 0 aliphatic carbocycles. The smallest absolute Gasteiger partial charge is 0.138 e. The molecule has 0 aromatic carbocycles. The fourth-order valence-electron chi connectivity index (χ4n) is 2.76. The van der Waals surface area contributed by atoms with Gasteiger partial charge < -0.3 is 10.1 Å². The lowest BCUT2D eigenvalue weighted by Crippen LogP contribution is -2.22. The Kier molecular flexibility index (Phi) is 4.70. The highest BCUT2D eigenvalue weighted by atomic mass is 32.1. The third kappa shape index (κ3) is 3.35. The zero-order valence-electron chi connectivity index (χ0n) is 12.8. The Morgan fingerprint density at radius 2 is 2.24 bits per heavy atom. The minimum atomic E-state index is 0.288. The normalized spacial score (nSPS) is 19.0. The Balaban J connectivity index is 1.90. The molecule has 1 saturated heterocycles. The molecular formula is C16H23N3OS. The first-order valence-corrected chi connectivity index (χ1v) is 8.76. The van der Waals surface area contributed by atoms with Gasteiger partial charge >= 0.3 is 0 Å². The van der Waals surface area contributed by atoms with Gasteiger partial charge in [-0.3, -0.25) is 0 Å². The summed E-state index contributed by atoms with van der Waals surface area (Å²) >= 11 is 1.78. The maximum absolute atomic E-state index is 5.82. The van der Waals surface area contributed by atoms with Crippen LogP contribution in [-0.4, -0.2) is 29.2 Å². The highest BCUT2D eigenvalue weighted by Gasteiger charge is 2.18. The van der Waals surface area contributed by atoms with Crippen molar-refractivity contribution in [3.8, 4) is 0 Å². The van der Waals surface area contributed by atoms with Gasteiger partial charge in [0.05, 0.1) is 11.5 Å². The van der Waals surface area contributed by atoms with Crippen LogP contribution in [-0.2, 0) is 17.6 Å². The molecule has 1 aliphatic rings. The van der Waals surface area contributed by atoms with Crippen LogP contribution in [0.25, 0.3) is 10.2 Å². The second-order valence-electron chi connectivity index (χ2n) is 5.50. The van der Waals surface area contributed by atoms with E-state index in [1.54, 1.807) is 11.3 Å². The predicted molar refractivity (Wildman–Crippen MR) is 88.3 cm³/mol. The number of anilines is 1. The molecule has 3 rings (SSSR count). The third-order valence-corrected chi connectivity index (χ3v) is 5.04. The van der Waals surface area contributed by atoms with Crippen LogP contribution in [0.2, 0.25) is 0 Å². The molecule has 5 heteroatoms. The van der Waals surface area contributed by atoms with E-state index < -0.39 is 0 Å². The minimum Gasteiger partial charge on any atom is -0.378 e. The van der Waals surface area contributed by atoms with Gasteiger partial charge in [-0.25, -0.2) is 9.97 Å². The lowest BCUT2D eigenvalue weighted by atomic mass is 10.1. The standard InChI is InChI=1S/C16H23N3OS/c1-3-12-10-13-15(17-4-2)18-14(19-16(13)21-12)9-11-7-5-6-8-20-11/h10-11H,3-9H2,1-2H3,(H,17,18,19). The van der Waals surface area contributed by atoms with E-state index in [1.807, 2.05) is 0 Å². The quantitative estimate of drug-likeness (QED) is 0.913. The highest BCUT2D eigenvalue weighted by molar-refractivity contribution is 7.18. The van der Waals surface area contributed by atoms with E-state index in [0.29, 0.717) is 0 Å². The van der Waals surface area contributed by atoms with Crippen LogP contribution in [0.5, 0.6) is 0 Å². The Morgan fingerprint density at radius 1 is 1.33 bits per heavy atom.